The molecule has 0 spiro atoms. The third-order valence-electron chi connectivity index (χ3n) is 4.33. The van der Waals surface area contributed by atoms with Gasteiger partial charge in [0, 0.05) is 0 Å². The van der Waals surface area contributed by atoms with Crippen LogP contribution in [0.25, 0.3) is 0 Å². The van der Waals surface area contributed by atoms with Crippen LogP contribution in [-0.4, -0.2) is 11.1 Å². The second-order valence-corrected chi connectivity index (χ2v) is 5.27. The molecule has 0 heterocycles. The topological polar surface area (TPSA) is 37.3 Å². The summed E-state index contributed by atoms with van der Waals surface area (Å²) in [5, 5.41) is 9.64. The Morgan fingerprint density at radius 3 is 2.12 bits per heavy atom. The summed E-state index contributed by atoms with van der Waals surface area (Å²) >= 11 is 0. The van der Waals surface area contributed by atoms with Gasteiger partial charge in [0.2, 0.25) is 0 Å². The van der Waals surface area contributed by atoms with E-state index in [1.54, 1.807) is 0 Å². The minimum Gasteiger partial charge on any atom is -0.481 e. The van der Waals surface area contributed by atoms with Crippen LogP contribution in [0.4, 0.5) is 0 Å². The van der Waals surface area contributed by atoms with Crippen molar-refractivity contribution in [1.82, 2.24) is 0 Å². The highest BCUT2D eigenvalue weighted by atomic mass is 16.4. The van der Waals surface area contributed by atoms with Crippen LogP contribution in [0.15, 0.2) is 0 Å². The van der Waals surface area contributed by atoms with Gasteiger partial charge in [-0.2, -0.15) is 0 Å². The van der Waals surface area contributed by atoms with Crippen LogP contribution < -0.4 is 0 Å². The summed E-state index contributed by atoms with van der Waals surface area (Å²) in [5.41, 5.74) is -0.402. The molecule has 0 bridgehead atoms. The molecule has 1 rings (SSSR count). The Hall–Kier alpha value is -0.530. The van der Waals surface area contributed by atoms with Gasteiger partial charge in [0.1, 0.15) is 0 Å². The first-order chi connectivity index (χ1) is 7.67. The normalized spacial score (nSPS) is 22.4. The molecule has 1 aliphatic carbocycles. The maximum absolute atomic E-state index is 11.7. The second-order valence-electron chi connectivity index (χ2n) is 5.27. The Bertz CT molecular complexity index is 215. The number of aliphatic carboxylic acids is 1. The van der Waals surface area contributed by atoms with E-state index in [0.717, 1.165) is 44.9 Å². The molecular weight excluding hydrogens is 200 g/mol. The van der Waals surface area contributed by atoms with Crippen molar-refractivity contribution in [2.45, 2.75) is 71.6 Å². The van der Waals surface area contributed by atoms with Crippen LogP contribution >= 0.6 is 0 Å². The van der Waals surface area contributed by atoms with E-state index in [2.05, 4.69) is 13.8 Å². The van der Waals surface area contributed by atoms with Crippen molar-refractivity contribution >= 4 is 5.97 Å². The first-order valence-corrected chi connectivity index (χ1v) is 6.90. The van der Waals surface area contributed by atoms with Crippen molar-refractivity contribution in [3.8, 4) is 0 Å². The second kappa shape index (κ2) is 6.27. The molecule has 1 N–H and O–H groups in total. The Morgan fingerprint density at radius 2 is 1.75 bits per heavy atom. The van der Waals surface area contributed by atoms with E-state index < -0.39 is 11.4 Å². The zero-order valence-electron chi connectivity index (χ0n) is 10.8. The quantitative estimate of drug-likeness (QED) is 0.712. The standard InChI is InChI=1S/C14H26O2/c1-3-9-12(4-2)14(13(15)16)10-7-5-6-8-11-14/h12H,3-11H2,1-2H3,(H,15,16). The Balaban J connectivity index is 2.87. The van der Waals surface area contributed by atoms with Gasteiger partial charge in [-0.1, -0.05) is 52.4 Å². The number of carboxylic acids is 1. The molecule has 0 radical (unpaired) electrons. The van der Waals surface area contributed by atoms with Gasteiger partial charge >= 0.3 is 5.97 Å². The van der Waals surface area contributed by atoms with Crippen LogP contribution in [0.5, 0.6) is 0 Å². The van der Waals surface area contributed by atoms with Crippen LogP contribution in [0.1, 0.15) is 71.6 Å². The maximum atomic E-state index is 11.7. The summed E-state index contributed by atoms with van der Waals surface area (Å²) < 4.78 is 0. The number of hydrogen-bond acceptors (Lipinski definition) is 1. The minimum atomic E-state index is -0.533. The van der Waals surface area contributed by atoms with E-state index in [0.29, 0.717) is 5.92 Å². The van der Waals surface area contributed by atoms with Crippen molar-refractivity contribution in [2.24, 2.45) is 11.3 Å². The fourth-order valence-electron chi connectivity index (χ4n) is 3.38. The van der Waals surface area contributed by atoms with Gasteiger partial charge in [-0.05, 0) is 25.2 Å². The Labute approximate surface area is 99.4 Å². The molecule has 1 saturated carbocycles. The van der Waals surface area contributed by atoms with Crippen LogP contribution in [0, 0.1) is 11.3 Å². The summed E-state index contributed by atoms with van der Waals surface area (Å²) in [4.78, 5) is 11.7. The van der Waals surface area contributed by atoms with E-state index in [-0.39, 0.29) is 0 Å². The minimum absolute atomic E-state index is 0.382. The van der Waals surface area contributed by atoms with E-state index in [4.69, 9.17) is 0 Å². The number of rotatable bonds is 5. The molecule has 94 valence electrons. The third-order valence-corrected chi connectivity index (χ3v) is 4.33. The predicted molar refractivity (Wildman–Crippen MR) is 66.5 cm³/mol. The monoisotopic (exact) mass is 226 g/mol. The van der Waals surface area contributed by atoms with Crippen LogP contribution in [0.3, 0.4) is 0 Å². The highest BCUT2D eigenvalue weighted by Crippen LogP contribution is 2.45. The third kappa shape index (κ3) is 2.78. The van der Waals surface area contributed by atoms with Crippen molar-refractivity contribution in [3.05, 3.63) is 0 Å². The first-order valence-electron chi connectivity index (χ1n) is 6.90. The molecule has 1 fully saturated rings. The molecule has 0 aromatic rings. The summed E-state index contributed by atoms with van der Waals surface area (Å²) in [7, 11) is 0. The van der Waals surface area contributed by atoms with E-state index in [1.165, 1.54) is 12.8 Å². The first kappa shape index (κ1) is 13.5. The lowest BCUT2D eigenvalue weighted by atomic mass is 9.67. The number of hydrogen-bond donors (Lipinski definition) is 1. The average molecular weight is 226 g/mol. The smallest absolute Gasteiger partial charge is 0.309 e. The molecular formula is C14H26O2. The lowest BCUT2D eigenvalue weighted by Crippen LogP contribution is -2.38. The fourth-order valence-corrected chi connectivity index (χ4v) is 3.38. The molecule has 2 heteroatoms. The van der Waals surface area contributed by atoms with Crippen LogP contribution in [-0.2, 0) is 4.79 Å². The highest BCUT2D eigenvalue weighted by molar-refractivity contribution is 5.75. The predicted octanol–water partition coefficient (Wildman–Crippen LogP) is 4.24. The molecule has 1 unspecified atom stereocenters. The zero-order chi connectivity index (χ0) is 12.0. The molecule has 16 heavy (non-hydrogen) atoms. The molecule has 0 saturated heterocycles. The largest absolute Gasteiger partial charge is 0.481 e. The maximum Gasteiger partial charge on any atom is 0.309 e. The summed E-state index contributed by atoms with van der Waals surface area (Å²) in [6.07, 6.45) is 9.65. The summed E-state index contributed by atoms with van der Waals surface area (Å²) in [5.74, 6) is -0.150. The van der Waals surface area contributed by atoms with Crippen molar-refractivity contribution < 1.29 is 9.90 Å². The molecule has 0 aliphatic heterocycles. The average Bonchev–Trinajstić information content (AvgIpc) is 2.52. The molecule has 2 nitrogen and oxygen atoms in total. The fraction of sp³-hybridized carbons (Fsp3) is 0.929. The van der Waals surface area contributed by atoms with Gasteiger partial charge < -0.3 is 5.11 Å². The van der Waals surface area contributed by atoms with Gasteiger partial charge in [-0.15, -0.1) is 0 Å². The van der Waals surface area contributed by atoms with E-state index in [1.807, 2.05) is 0 Å². The summed E-state index contributed by atoms with van der Waals surface area (Å²) in [6, 6.07) is 0. The molecule has 0 amide bonds. The molecule has 1 atom stereocenters. The van der Waals surface area contributed by atoms with Gasteiger partial charge in [-0.25, -0.2) is 0 Å². The molecule has 0 aromatic heterocycles. The van der Waals surface area contributed by atoms with Gasteiger partial charge in [-0.3, -0.25) is 4.79 Å². The molecule has 0 aromatic carbocycles. The Morgan fingerprint density at radius 1 is 1.19 bits per heavy atom. The van der Waals surface area contributed by atoms with Crippen LogP contribution in [0.2, 0.25) is 0 Å². The van der Waals surface area contributed by atoms with Gasteiger partial charge in [0.15, 0.2) is 0 Å². The SMILES string of the molecule is CCCC(CC)C1(C(=O)O)CCCCCC1. The van der Waals surface area contributed by atoms with Gasteiger partial charge in [0.05, 0.1) is 5.41 Å². The van der Waals surface area contributed by atoms with Gasteiger partial charge in [0.25, 0.3) is 0 Å². The lowest BCUT2D eigenvalue weighted by molar-refractivity contribution is -0.154. The number of carboxylic acid groups (broad SMARTS) is 1. The Kier molecular flexibility index (Phi) is 5.30. The number of carbonyl (C=O) groups is 1. The van der Waals surface area contributed by atoms with Crippen molar-refractivity contribution in [3.63, 3.8) is 0 Å². The van der Waals surface area contributed by atoms with E-state index in [9.17, 15) is 9.90 Å². The lowest BCUT2D eigenvalue weighted by Gasteiger charge is -2.36. The highest BCUT2D eigenvalue weighted by Gasteiger charge is 2.44. The van der Waals surface area contributed by atoms with Crippen molar-refractivity contribution in [2.75, 3.05) is 0 Å². The van der Waals surface area contributed by atoms with Crippen molar-refractivity contribution in [1.29, 1.82) is 0 Å². The molecule has 1 aliphatic rings. The summed E-state index contributed by atoms with van der Waals surface area (Å²) in [6.45, 7) is 4.31. The zero-order valence-corrected chi connectivity index (χ0v) is 10.8. The van der Waals surface area contributed by atoms with E-state index >= 15 is 0 Å².